The third-order valence-corrected chi connectivity index (χ3v) is 3.86. The lowest BCUT2D eigenvalue weighted by Gasteiger charge is -2.17. The molecular formula is C16H21N5O2. The zero-order valence-electron chi connectivity index (χ0n) is 13.2. The third-order valence-electron chi connectivity index (χ3n) is 3.86. The molecule has 1 aromatic heterocycles. The van der Waals surface area contributed by atoms with Crippen molar-refractivity contribution in [3.63, 3.8) is 0 Å². The molecule has 0 radical (unpaired) electrons. The van der Waals surface area contributed by atoms with Gasteiger partial charge >= 0.3 is 0 Å². The second kappa shape index (κ2) is 7.23. The summed E-state index contributed by atoms with van der Waals surface area (Å²) in [4.78, 5) is 14.0. The predicted molar refractivity (Wildman–Crippen MR) is 85.1 cm³/mol. The monoisotopic (exact) mass is 315 g/mol. The molecule has 7 heteroatoms. The van der Waals surface area contributed by atoms with Crippen LogP contribution in [0.3, 0.4) is 0 Å². The van der Waals surface area contributed by atoms with Crippen LogP contribution in [0.4, 0.5) is 0 Å². The van der Waals surface area contributed by atoms with Gasteiger partial charge in [0.15, 0.2) is 0 Å². The average molecular weight is 315 g/mol. The summed E-state index contributed by atoms with van der Waals surface area (Å²) in [5.41, 5.74) is 1.21. The number of aromatic nitrogens is 3. The fourth-order valence-electron chi connectivity index (χ4n) is 2.60. The van der Waals surface area contributed by atoms with Gasteiger partial charge in [-0.1, -0.05) is 18.2 Å². The SMILES string of the molecule is CN(CCn1cnnc1)CC(=O)NC[C@@H]1Cc2ccccc2O1. The van der Waals surface area contributed by atoms with Gasteiger partial charge in [0.05, 0.1) is 13.1 Å². The minimum absolute atomic E-state index is 0.0100. The zero-order chi connectivity index (χ0) is 16.1. The van der Waals surface area contributed by atoms with E-state index in [0.29, 0.717) is 13.1 Å². The Bertz CT molecular complexity index is 619. The highest BCUT2D eigenvalue weighted by atomic mass is 16.5. The van der Waals surface area contributed by atoms with Crippen molar-refractivity contribution in [3.05, 3.63) is 42.5 Å². The second-order valence-electron chi connectivity index (χ2n) is 5.79. The third kappa shape index (κ3) is 4.29. The maximum absolute atomic E-state index is 12.0. The van der Waals surface area contributed by atoms with Gasteiger partial charge < -0.3 is 14.6 Å². The first-order valence-corrected chi connectivity index (χ1v) is 7.73. The van der Waals surface area contributed by atoms with E-state index in [9.17, 15) is 4.79 Å². The number of hydrogen-bond acceptors (Lipinski definition) is 5. The molecule has 23 heavy (non-hydrogen) atoms. The number of nitrogens with zero attached hydrogens (tertiary/aromatic N) is 4. The molecule has 1 aliphatic rings. The van der Waals surface area contributed by atoms with Gasteiger partial charge in [-0.3, -0.25) is 9.69 Å². The molecule has 0 saturated carbocycles. The molecule has 3 rings (SSSR count). The lowest BCUT2D eigenvalue weighted by molar-refractivity contribution is -0.122. The van der Waals surface area contributed by atoms with Crippen LogP contribution in [0.5, 0.6) is 5.75 Å². The maximum Gasteiger partial charge on any atom is 0.234 e. The summed E-state index contributed by atoms with van der Waals surface area (Å²) in [5, 5.41) is 10.5. The molecule has 0 aliphatic carbocycles. The van der Waals surface area contributed by atoms with Gasteiger partial charge in [0.1, 0.15) is 24.5 Å². The molecule has 1 atom stereocenters. The van der Waals surface area contributed by atoms with Crippen LogP contribution < -0.4 is 10.1 Å². The number of carbonyl (C=O) groups excluding carboxylic acids is 1. The summed E-state index contributed by atoms with van der Waals surface area (Å²) >= 11 is 0. The van der Waals surface area contributed by atoms with E-state index in [1.165, 1.54) is 5.56 Å². The van der Waals surface area contributed by atoms with Gasteiger partial charge in [-0.05, 0) is 18.7 Å². The summed E-state index contributed by atoms with van der Waals surface area (Å²) < 4.78 is 7.70. The van der Waals surface area contributed by atoms with Gasteiger partial charge in [0.25, 0.3) is 0 Å². The van der Waals surface area contributed by atoms with Gasteiger partial charge in [0.2, 0.25) is 5.91 Å². The zero-order valence-corrected chi connectivity index (χ0v) is 13.2. The molecule has 0 unspecified atom stereocenters. The summed E-state index contributed by atoms with van der Waals surface area (Å²) in [5.74, 6) is 0.939. The van der Waals surface area contributed by atoms with Crippen molar-refractivity contribution < 1.29 is 9.53 Å². The van der Waals surface area contributed by atoms with E-state index in [2.05, 4.69) is 21.6 Å². The van der Waals surface area contributed by atoms with Crippen LogP contribution in [0, 0.1) is 0 Å². The number of likely N-dealkylation sites (N-methyl/N-ethyl adjacent to an activating group) is 1. The van der Waals surface area contributed by atoms with E-state index < -0.39 is 0 Å². The number of rotatable bonds is 7. The standard InChI is InChI=1S/C16H21N5O2/c1-20(6-7-21-11-18-19-12-21)10-16(22)17-9-14-8-13-4-2-3-5-15(13)23-14/h2-5,11-12,14H,6-10H2,1H3,(H,17,22)/t14-/m0/s1. The van der Waals surface area contributed by atoms with Gasteiger partial charge in [-0.15, -0.1) is 10.2 Å². The summed E-state index contributed by atoms with van der Waals surface area (Å²) in [6.07, 6.45) is 4.21. The van der Waals surface area contributed by atoms with Crippen LogP contribution in [0.2, 0.25) is 0 Å². The van der Waals surface area contributed by atoms with Gasteiger partial charge in [0, 0.05) is 19.5 Å². The van der Waals surface area contributed by atoms with E-state index in [-0.39, 0.29) is 12.0 Å². The van der Waals surface area contributed by atoms with Crippen LogP contribution in [-0.2, 0) is 17.8 Å². The number of hydrogen-bond donors (Lipinski definition) is 1. The second-order valence-corrected chi connectivity index (χ2v) is 5.79. The first-order valence-electron chi connectivity index (χ1n) is 7.73. The van der Waals surface area contributed by atoms with Gasteiger partial charge in [-0.25, -0.2) is 0 Å². The number of benzene rings is 1. The van der Waals surface area contributed by atoms with E-state index in [1.54, 1.807) is 12.7 Å². The molecule has 0 fully saturated rings. The normalized spacial score (nSPS) is 16.2. The summed E-state index contributed by atoms with van der Waals surface area (Å²) in [6.45, 7) is 2.42. The van der Waals surface area contributed by atoms with E-state index >= 15 is 0 Å². The highest BCUT2D eigenvalue weighted by Crippen LogP contribution is 2.27. The smallest absolute Gasteiger partial charge is 0.234 e. The molecule has 1 amide bonds. The molecule has 1 aliphatic heterocycles. The highest BCUT2D eigenvalue weighted by molar-refractivity contribution is 5.78. The van der Waals surface area contributed by atoms with Crippen LogP contribution in [-0.4, -0.2) is 58.4 Å². The minimum atomic E-state index is 0.0100. The molecule has 122 valence electrons. The van der Waals surface area contributed by atoms with Crippen molar-refractivity contribution in [2.75, 3.05) is 26.7 Å². The number of para-hydroxylation sites is 1. The Kier molecular flexibility index (Phi) is 4.87. The number of ether oxygens (including phenoxy) is 1. The van der Waals surface area contributed by atoms with E-state index in [4.69, 9.17) is 4.74 Å². The Morgan fingerprint density at radius 2 is 2.17 bits per heavy atom. The summed E-state index contributed by atoms with van der Waals surface area (Å²) in [6, 6.07) is 8.00. The maximum atomic E-state index is 12.0. The Morgan fingerprint density at radius 3 is 2.96 bits per heavy atom. The molecule has 2 aromatic rings. The average Bonchev–Trinajstić information content (AvgIpc) is 3.19. The van der Waals surface area contributed by atoms with Gasteiger partial charge in [-0.2, -0.15) is 0 Å². The highest BCUT2D eigenvalue weighted by Gasteiger charge is 2.22. The van der Waals surface area contributed by atoms with Crippen molar-refractivity contribution in [3.8, 4) is 5.75 Å². The van der Waals surface area contributed by atoms with Crippen molar-refractivity contribution >= 4 is 5.91 Å². The van der Waals surface area contributed by atoms with Crippen LogP contribution >= 0.6 is 0 Å². The first-order chi connectivity index (χ1) is 11.2. The fourth-order valence-corrected chi connectivity index (χ4v) is 2.60. The van der Waals surface area contributed by atoms with Crippen molar-refractivity contribution in [2.45, 2.75) is 19.1 Å². The largest absolute Gasteiger partial charge is 0.488 e. The number of nitrogens with one attached hydrogen (secondary N) is 1. The van der Waals surface area contributed by atoms with Crippen LogP contribution in [0.15, 0.2) is 36.9 Å². The lowest BCUT2D eigenvalue weighted by Crippen LogP contribution is -2.40. The minimum Gasteiger partial charge on any atom is -0.488 e. The lowest BCUT2D eigenvalue weighted by atomic mass is 10.1. The Balaban J connectivity index is 1.35. The molecule has 1 aromatic carbocycles. The predicted octanol–water partition coefficient (Wildman–Crippen LogP) is 0.330. The number of fused-ring (bicyclic) bond motifs is 1. The molecule has 2 heterocycles. The molecule has 0 spiro atoms. The van der Waals surface area contributed by atoms with Crippen LogP contribution in [0.25, 0.3) is 0 Å². The van der Waals surface area contributed by atoms with Crippen LogP contribution in [0.1, 0.15) is 5.56 Å². The van der Waals surface area contributed by atoms with Crippen molar-refractivity contribution in [1.29, 1.82) is 0 Å². The van der Waals surface area contributed by atoms with Crippen molar-refractivity contribution in [2.24, 2.45) is 0 Å². The molecule has 1 N–H and O–H groups in total. The molecular weight excluding hydrogens is 294 g/mol. The fraction of sp³-hybridized carbons (Fsp3) is 0.438. The van der Waals surface area contributed by atoms with E-state index in [1.807, 2.05) is 34.7 Å². The number of amides is 1. The Labute approximate surface area is 135 Å². The molecule has 0 saturated heterocycles. The first kappa shape index (κ1) is 15.5. The quantitative estimate of drug-likeness (QED) is 0.797. The topological polar surface area (TPSA) is 72.3 Å². The molecule has 7 nitrogen and oxygen atoms in total. The molecule has 0 bridgehead atoms. The number of carbonyl (C=O) groups is 1. The summed E-state index contributed by atoms with van der Waals surface area (Å²) in [7, 11) is 1.92. The van der Waals surface area contributed by atoms with E-state index in [0.717, 1.165) is 25.3 Å². The Hall–Kier alpha value is -2.41. The van der Waals surface area contributed by atoms with Crippen molar-refractivity contribution in [1.82, 2.24) is 25.0 Å². The Morgan fingerprint density at radius 1 is 1.39 bits per heavy atom.